The highest BCUT2D eigenvalue weighted by Gasteiger charge is 2.14. The molecule has 0 saturated heterocycles. The molecule has 29 heavy (non-hydrogen) atoms. The topological polar surface area (TPSA) is 102 Å². The summed E-state index contributed by atoms with van der Waals surface area (Å²) >= 11 is 0. The zero-order chi connectivity index (χ0) is 20.4. The summed E-state index contributed by atoms with van der Waals surface area (Å²) in [6, 6.07) is 16.4. The summed E-state index contributed by atoms with van der Waals surface area (Å²) in [5, 5.41) is 2.76. The lowest BCUT2D eigenvalue weighted by molar-refractivity contribution is 0.0944. The summed E-state index contributed by atoms with van der Waals surface area (Å²) in [6.07, 6.45) is 0. The van der Waals surface area contributed by atoms with Crippen LogP contribution in [-0.2, 0) is 13.6 Å². The number of nitrogens with zero attached hydrogens (tertiary/aromatic N) is 3. The quantitative estimate of drug-likeness (QED) is 0.545. The van der Waals surface area contributed by atoms with Crippen LogP contribution in [0.3, 0.4) is 0 Å². The van der Waals surface area contributed by atoms with Crippen molar-refractivity contribution in [2.24, 2.45) is 7.05 Å². The first-order chi connectivity index (χ1) is 14.0. The molecule has 0 unspecified atom stereocenters. The Balaban J connectivity index is 1.57. The maximum atomic E-state index is 12.6. The lowest BCUT2D eigenvalue weighted by atomic mass is 10.1. The second-order valence-corrected chi connectivity index (χ2v) is 6.48. The molecule has 2 aromatic heterocycles. The fraction of sp³-hybridized carbons (Fsp3) is 0.143. The molecule has 0 fully saturated rings. The van der Waals surface area contributed by atoms with Crippen LogP contribution in [0.5, 0.6) is 5.75 Å². The minimum absolute atomic E-state index is 0.0510. The van der Waals surface area contributed by atoms with Gasteiger partial charge in [0.25, 0.3) is 5.91 Å². The summed E-state index contributed by atoms with van der Waals surface area (Å²) in [6.45, 7) is 0.197. The number of carbonyl (C=O) groups is 1. The molecular weight excluding hydrogens is 370 g/mol. The maximum absolute atomic E-state index is 12.6. The number of para-hydroxylation sites is 2. The highest BCUT2D eigenvalue weighted by molar-refractivity contribution is 5.93. The van der Waals surface area contributed by atoms with Crippen molar-refractivity contribution in [3.8, 4) is 17.0 Å². The number of nitrogens with one attached hydrogen (secondary N) is 2. The number of hydrogen-bond acceptors (Lipinski definition) is 5. The maximum Gasteiger partial charge on any atom is 0.348 e. The number of methoxy groups -OCH3 is 1. The van der Waals surface area contributed by atoms with Crippen molar-refractivity contribution in [3.63, 3.8) is 0 Å². The summed E-state index contributed by atoms with van der Waals surface area (Å²) in [7, 11) is 3.20. The Morgan fingerprint density at radius 3 is 2.62 bits per heavy atom. The van der Waals surface area contributed by atoms with Gasteiger partial charge in [0.2, 0.25) is 0 Å². The Labute approximate surface area is 166 Å². The standard InChI is InChI=1S/C21H19N5O3/c1-26-18(13-7-9-14(29-2)10-8-13)11-17(25-21(26)28)20(27)22-12-19-23-15-5-3-4-6-16(15)24-19/h3-11H,12H2,1-2H3,(H,22,27)(H,23,24). The molecule has 0 atom stereocenters. The van der Waals surface area contributed by atoms with E-state index in [1.165, 1.54) is 4.57 Å². The van der Waals surface area contributed by atoms with Gasteiger partial charge in [0.15, 0.2) is 0 Å². The third-order valence-corrected chi connectivity index (χ3v) is 4.61. The molecule has 4 aromatic rings. The fourth-order valence-corrected chi connectivity index (χ4v) is 3.04. The number of carbonyl (C=O) groups excluding carboxylic acids is 1. The van der Waals surface area contributed by atoms with Crippen LogP contribution in [-0.4, -0.2) is 32.5 Å². The van der Waals surface area contributed by atoms with Gasteiger partial charge in [-0.2, -0.15) is 4.98 Å². The molecule has 2 heterocycles. The molecule has 4 rings (SSSR count). The average Bonchev–Trinajstić information content (AvgIpc) is 3.17. The Hall–Kier alpha value is -3.94. The van der Waals surface area contributed by atoms with E-state index >= 15 is 0 Å². The average molecular weight is 389 g/mol. The van der Waals surface area contributed by atoms with E-state index in [1.54, 1.807) is 32.4 Å². The van der Waals surface area contributed by atoms with Crippen LogP contribution in [0.2, 0.25) is 0 Å². The van der Waals surface area contributed by atoms with E-state index in [0.29, 0.717) is 17.3 Å². The molecule has 1 amide bonds. The normalized spacial score (nSPS) is 10.8. The van der Waals surface area contributed by atoms with Crippen molar-refractivity contribution in [2.75, 3.05) is 7.11 Å². The van der Waals surface area contributed by atoms with Crippen molar-refractivity contribution >= 4 is 16.9 Å². The number of rotatable bonds is 5. The van der Waals surface area contributed by atoms with E-state index in [-0.39, 0.29) is 12.2 Å². The van der Waals surface area contributed by atoms with Gasteiger partial charge in [-0.25, -0.2) is 9.78 Å². The molecule has 8 heteroatoms. The predicted molar refractivity (Wildman–Crippen MR) is 109 cm³/mol. The van der Waals surface area contributed by atoms with Gasteiger partial charge in [-0.15, -0.1) is 0 Å². The zero-order valence-electron chi connectivity index (χ0n) is 16.0. The molecule has 8 nitrogen and oxygen atoms in total. The van der Waals surface area contributed by atoms with Gasteiger partial charge in [0.05, 0.1) is 30.4 Å². The minimum atomic E-state index is -0.507. The van der Waals surface area contributed by atoms with Crippen LogP contribution in [0, 0.1) is 0 Å². The molecule has 0 aliphatic heterocycles. The summed E-state index contributed by atoms with van der Waals surface area (Å²) in [4.78, 5) is 36.3. The Morgan fingerprint density at radius 2 is 1.90 bits per heavy atom. The third kappa shape index (κ3) is 3.73. The number of hydrogen-bond donors (Lipinski definition) is 2. The van der Waals surface area contributed by atoms with Crippen molar-refractivity contribution in [1.29, 1.82) is 0 Å². The molecule has 0 radical (unpaired) electrons. The molecule has 0 aliphatic rings. The number of fused-ring (bicyclic) bond motifs is 1. The second kappa shape index (κ2) is 7.59. The number of H-pyrrole nitrogens is 1. The van der Waals surface area contributed by atoms with Crippen molar-refractivity contribution in [3.05, 3.63) is 76.6 Å². The van der Waals surface area contributed by atoms with Crippen LogP contribution >= 0.6 is 0 Å². The second-order valence-electron chi connectivity index (χ2n) is 6.48. The van der Waals surface area contributed by atoms with Gasteiger partial charge in [-0.3, -0.25) is 9.36 Å². The van der Waals surface area contributed by atoms with E-state index in [9.17, 15) is 9.59 Å². The Kier molecular flexibility index (Phi) is 4.82. The van der Waals surface area contributed by atoms with Crippen LogP contribution < -0.4 is 15.7 Å². The summed E-state index contributed by atoms with van der Waals surface area (Å²) < 4.78 is 6.56. The molecule has 2 N–H and O–H groups in total. The van der Waals surface area contributed by atoms with E-state index in [2.05, 4.69) is 20.3 Å². The van der Waals surface area contributed by atoms with Crippen LogP contribution in [0.15, 0.2) is 59.4 Å². The molecule has 0 saturated carbocycles. The smallest absolute Gasteiger partial charge is 0.348 e. The monoisotopic (exact) mass is 389 g/mol. The molecule has 0 bridgehead atoms. The van der Waals surface area contributed by atoms with E-state index < -0.39 is 11.6 Å². The predicted octanol–water partition coefficient (Wildman–Crippen LogP) is 2.26. The van der Waals surface area contributed by atoms with E-state index in [1.807, 2.05) is 36.4 Å². The van der Waals surface area contributed by atoms with Crippen molar-refractivity contribution < 1.29 is 9.53 Å². The van der Waals surface area contributed by atoms with Crippen LogP contribution in [0.25, 0.3) is 22.3 Å². The number of aromatic amines is 1. The van der Waals surface area contributed by atoms with Crippen LogP contribution in [0.4, 0.5) is 0 Å². The third-order valence-electron chi connectivity index (χ3n) is 4.61. The van der Waals surface area contributed by atoms with Gasteiger partial charge in [-0.1, -0.05) is 12.1 Å². The summed E-state index contributed by atoms with van der Waals surface area (Å²) in [5.74, 6) is 0.883. The SMILES string of the molecule is COc1ccc(-c2cc(C(=O)NCc3nc4ccccc4[nH]3)nc(=O)n2C)cc1. The Bertz CT molecular complexity index is 1210. The Morgan fingerprint density at radius 1 is 1.14 bits per heavy atom. The highest BCUT2D eigenvalue weighted by Crippen LogP contribution is 2.21. The highest BCUT2D eigenvalue weighted by atomic mass is 16.5. The first-order valence-corrected chi connectivity index (χ1v) is 8.99. The summed E-state index contributed by atoms with van der Waals surface area (Å²) in [5.41, 5.74) is 2.62. The number of ether oxygens (including phenoxy) is 1. The molecule has 2 aromatic carbocycles. The number of aromatic nitrogens is 4. The van der Waals surface area contributed by atoms with Gasteiger partial charge < -0.3 is 15.0 Å². The molecular formula is C21H19N5O3. The molecule has 146 valence electrons. The van der Waals surface area contributed by atoms with E-state index in [4.69, 9.17) is 4.74 Å². The molecule has 0 spiro atoms. The number of imidazole rings is 1. The van der Waals surface area contributed by atoms with Gasteiger partial charge >= 0.3 is 5.69 Å². The number of amides is 1. The minimum Gasteiger partial charge on any atom is -0.497 e. The lowest BCUT2D eigenvalue weighted by Gasteiger charge is -2.10. The van der Waals surface area contributed by atoms with Gasteiger partial charge in [-0.05, 0) is 48.0 Å². The number of benzene rings is 2. The first-order valence-electron chi connectivity index (χ1n) is 8.99. The van der Waals surface area contributed by atoms with Gasteiger partial charge in [0.1, 0.15) is 17.3 Å². The van der Waals surface area contributed by atoms with Crippen molar-refractivity contribution in [1.82, 2.24) is 24.8 Å². The molecule has 0 aliphatic carbocycles. The van der Waals surface area contributed by atoms with Crippen LogP contribution in [0.1, 0.15) is 16.3 Å². The van der Waals surface area contributed by atoms with Crippen molar-refractivity contribution in [2.45, 2.75) is 6.54 Å². The fourth-order valence-electron chi connectivity index (χ4n) is 3.04. The zero-order valence-corrected chi connectivity index (χ0v) is 16.0. The van der Waals surface area contributed by atoms with Gasteiger partial charge in [0, 0.05) is 7.05 Å². The first kappa shape index (κ1) is 18.4. The lowest BCUT2D eigenvalue weighted by Crippen LogP contribution is -2.30. The largest absolute Gasteiger partial charge is 0.497 e. The van der Waals surface area contributed by atoms with E-state index in [0.717, 1.165) is 16.6 Å².